The number of amides is 1. The van der Waals surface area contributed by atoms with Crippen molar-refractivity contribution in [2.75, 3.05) is 6.54 Å². The third-order valence-electron chi connectivity index (χ3n) is 6.17. The van der Waals surface area contributed by atoms with Crippen LogP contribution in [0.1, 0.15) is 91.6 Å². The molecule has 1 atom stereocenters. The Bertz CT molecular complexity index is 764. The number of hydrogen-bond donors (Lipinski definition) is 0. The van der Waals surface area contributed by atoms with E-state index in [2.05, 4.69) is 21.5 Å². The molecule has 1 amide bonds. The number of carbonyl (C=O) groups is 1. The van der Waals surface area contributed by atoms with Crippen molar-refractivity contribution in [3.05, 3.63) is 47.5 Å². The molecule has 1 aliphatic carbocycles. The van der Waals surface area contributed by atoms with Gasteiger partial charge in [0, 0.05) is 24.6 Å². The lowest BCUT2D eigenvalue weighted by molar-refractivity contribution is 0.0673. The van der Waals surface area contributed by atoms with Gasteiger partial charge in [-0.25, -0.2) is 0 Å². The van der Waals surface area contributed by atoms with Gasteiger partial charge < -0.3 is 4.90 Å². The number of likely N-dealkylation sites (tertiary alicyclic amines) is 1. The van der Waals surface area contributed by atoms with Crippen LogP contribution in [-0.4, -0.2) is 32.1 Å². The molecule has 0 N–H and O–H groups in total. The molecule has 27 heavy (non-hydrogen) atoms. The summed E-state index contributed by atoms with van der Waals surface area (Å²) in [7, 11) is 0. The molecule has 2 aliphatic rings. The van der Waals surface area contributed by atoms with Crippen molar-refractivity contribution in [3.63, 3.8) is 0 Å². The molecule has 1 saturated carbocycles. The normalized spacial score (nSPS) is 21.8. The summed E-state index contributed by atoms with van der Waals surface area (Å²) < 4.78 is 2.12. The number of aryl methyl sites for hydroxylation is 1. The fraction of sp³-hybridized carbons (Fsp3) is 0.591. The average molecular weight is 367 g/mol. The highest BCUT2D eigenvalue weighted by atomic mass is 16.2. The van der Waals surface area contributed by atoms with E-state index in [4.69, 9.17) is 5.10 Å². The monoisotopic (exact) mass is 366 g/mol. The highest BCUT2D eigenvalue weighted by molar-refractivity contribution is 5.92. The fourth-order valence-corrected chi connectivity index (χ4v) is 4.72. The second-order valence-corrected chi connectivity index (χ2v) is 8.05. The summed E-state index contributed by atoms with van der Waals surface area (Å²) >= 11 is 0. The first-order valence-electron chi connectivity index (χ1n) is 10.5. The molecule has 1 aliphatic heterocycles. The Hall–Kier alpha value is -2.17. The molecule has 0 radical (unpaired) electrons. The zero-order chi connectivity index (χ0) is 18.6. The van der Waals surface area contributed by atoms with Gasteiger partial charge in [0.2, 0.25) is 0 Å². The van der Waals surface area contributed by atoms with Gasteiger partial charge in [-0.2, -0.15) is 5.10 Å². The molecule has 144 valence electrons. The summed E-state index contributed by atoms with van der Waals surface area (Å²) in [4.78, 5) is 19.6. The quantitative estimate of drug-likeness (QED) is 0.780. The Labute approximate surface area is 161 Å². The van der Waals surface area contributed by atoms with E-state index < -0.39 is 0 Å². The number of carbonyl (C=O) groups excluding carboxylic acids is 1. The second kappa shape index (κ2) is 8.24. The predicted molar refractivity (Wildman–Crippen MR) is 106 cm³/mol. The topological polar surface area (TPSA) is 51.0 Å². The maximum absolute atomic E-state index is 13.4. The summed E-state index contributed by atoms with van der Waals surface area (Å²) in [5.74, 6) is 0.0800. The molecule has 2 fully saturated rings. The van der Waals surface area contributed by atoms with E-state index in [0.717, 1.165) is 31.5 Å². The molecule has 0 bridgehead atoms. The van der Waals surface area contributed by atoms with Crippen molar-refractivity contribution in [3.8, 4) is 0 Å². The zero-order valence-corrected chi connectivity index (χ0v) is 16.3. The third-order valence-corrected chi connectivity index (χ3v) is 6.17. The third kappa shape index (κ3) is 3.92. The van der Waals surface area contributed by atoms with Gasteiger partial charge in [-0.3, -0.25) is 14.5 Å². The average Bonchev–Trinajstić information content (AvgIpc) is 2.95. The Kier molecular flexibility index (Phi) is 5.55. The van der Waals surface area contributed by atoms with Crippen molar-refractivity contribution in [1.29, 1.82) is 0 Å². The lowest BCUT2D eigenvalue weighted by Gasteiger charge is -2.30. The molecule has 5 nitrogen and oxygen atoms in total. The van der Waals surface area contributed by atoms with Crippen molar-refractivity contribution in [1.82, 2.24) is 19.7 Å². The molecule has 1 unspecified atom stereocenters. The molecule has 3 heterocycles. The van der Waals surface area contributed by atoms with E-state index in [1.165, 1.54) is 44.1 Å². The van der Waals surface area contributed by atoms with Crippen LogP contribution in [0.15, 0.2) is 30.6 Å². The van der Waals surface area contributed by atoms with Gasteiger partial charge in [-0.05, 0) is 56.4 Å². The van der Waals surface area contributed by atoms with Gasteiger partial charge in [0.25, 0.3) is 5.91 Å². The Morgan fingerprint density at radius 2 is 1.70 bits per heavy atom. The zero-order valence-electron chi connectivity index (χ0n) is 16.3. The highest BCUT2D eigenvalue weighted by Gasteiger charge is 2.30. The molecule has 0 aromatic carbocycles. The van der Waals surface area contributed by atoms with Gasteiger partial charge in [-0.15, -0.1) is 0 Å². The van der Waals surface area contributed by atoms with Crippen molar-refractivity contribution in [2.24, 2.45) is 0 Å². The second-order valence-electron chi connectivity index (χ2n) is 8.05. The van der Waals surface area contributed by atoms with Gasteiger partial charge in [0.05, 0.1) is 12.1 Å². The van der Waals surface area contributed by atoms with Crippen molar-refractivity contribution >= 4 is 5.91 Å². The summed E-state index contributed by atoms with van der Waals surface area (Å²) in [6.07, 6.45) is 14.3. The molecular formula is C22H30N4O. The lowest BCUT2D eigenvalue weighted by Crippen LogP contribution is -2.35. The molecule has 1 saturated heterocycles. The SMILES string of the molecule is Cc1cc(C(=O)N2CCCCCC2c2ccncc2)nn1C1CCCCC1. The van der Waals surface area contributed by atoms with Crippen LogP contribution in [0.5, 0.6) is 0 Å². The molecule has 2 aromatic heterocycles. The van der Waals surface area contributed by atoms with Crippen LogP contribution in [0.25, 0.3) is 0 Å². The van der Waals surface area contributed by atoms with Crippen LogP contribution in [-0.2, 0) is 0 Å². The molecule has 4 rings (SSSR count). The summed E-state index contributed by atoms with van der Waals surface area (Å²) in [6.45, 7) is 2.89. The van der Waals surface area contributed by atoms with Crippen molar-refractivity contribution < 1.29 is 4.79 Å². The van der Waals surface area contributed by atoms with Crippen LogP contribution in [0.4, 0.5) is 0 Å². The maximum atomic E-state index is 13.4. The summed E-state index contributed by atoms with van der Waals surface area (Å²) in [5.41, 5.74) is 2.91. The molecule has 2 aromatic rings. The van der Waals surface area contributed by atoms with E-state index in [9.17, 15) is 4.79 Å². The van der Waals surface area contributed by atoms with Crippen LogP contribution >= 0.6 is 0 Å². The lowest BCUT2D eigenvalue weighted by atomic mass is 9.95. The highest BCUT2D eigenvalue weighted by Crippen LogP contribution is 2.32. The van der Waals surface area contributed by atoms with Gasteiger partial charge >= 0.3 is 0 Å². The van der Waals surface area contributed by atoms with E-state index in [1.54, 1.807) is 0 Å². The number of pyridine rings is 1. The smallest absolute Gasteiger partial charge is 0.274 e. The number of aromatic nitrogens is 3. The van der Waals surface area contributed by atoms with E-state index >= 15 is 0 Å². The minimum Gasteiger partial charge on any atom is -0.330 e. The molecule has 5 heteroatoms. The molecular weight excluding hydrogens is 336 g/mol. The van der Waals surface area contributed by atoms with Gasteiger partial charge in [0.1, 0.15) is 0 Å². The standard InChI is InChI=1S/C22H30N4O/c1-17-16-20(24-26(17)19-8-4-2-5-9-19)22(27)25-15-7-3-6-10-21(25)18-11-13-23-14-12-18/h11-14,16,19,21H,2-10,15H2,1H3. The van der Waals surface area contributed by atoms with Crippen LogP contribution in [0.3, 0.4) is 0 Å². The van der Waals surface area contributed by atoms with Gasteiger partial charge in [-0.1, -0.05) is 32.1 Å². The number of rotatable bonds is 3. The number of nitrogens with zero attached hydrogens (tertiary/aromatic N) is 4. The van der Waals surface area contributed by atoms with Crippen LogP contribution in [0, 0.1) is 6.92 Å². The predicted octanol–water partition coefficient (Wildman–Crippen LogP) is 4.85. The minimum atomic E-state index is 0.0800. The molecule has 0 spiro atoms. The Morgan fingerprint density at radius 3 is 2.48 bits per heavy atom. The largest absolute Gasteiger partial charge is 0.330 e. The van der Waals surface area contributed by atoms with E-state index in [-0.39, 0.29) is 11.9 Å². The minimum absolute atomic E-state index is 0.0800. The summed E-state index contributed by atoms with van der Waals surface area (Å²) in [6, 6.07) is 6.67. The first-order chi connectivity index (χ1) is 13.2. The first kappa shape index (κ1) is 18.2. The Balaban J connectivity index is 1.60. The Morgan fingerprint density at radius 1 is 1.00 bits per heavy atom. The van der Waals surface area contributed by atoms with E-state index in [0.29, 0.717) is 11.7 Å². The van der Waals surface area contributed by atoms with Gasteiger partial charge in [0.15, 0.2) is 5.69 Å². The first-order valence-corrected chi connectivity index (χ1v) is 10.5. The fourth-order valence-electron chi connectivity index (χ4n) is 4.72. The number of hydrogen-bond acceptors (Lipinski definition) is 3. The van der Waals surface area contributed by atoms with Crippen molar-refractivity contribution in [2.45, 2.75) is 76.8 Å². The summed E-state index contributed by atoms with van der Waals surface area (Å²) in [5, 5.41) is 4.78. The van der Waals surface area contributed by atoms with Crippen LogP contribution < -0.4 is 0 Å². The maximum Gasteiger partial charge on any atom is 0.274 e. The van der Waals surface area contributed by atoms with Crippen LogP contribution in [0.2, 0.25) is 0 Å². The van der Waals surface area contributed by atoms with E-state index in [1.807, 2.05) is 30.6 Å².